The van der Waals surface area contributed by atoms with E-state index in [1.54, 1.807) is 0 Å². The summed E-state index contributed by atoms with van der Waals surface area (Å²) in [4.78, 5) is 10.6. The molecule has 5 heteroatoms. The summed E-state index contributed by atoms with van der Waals surface area (Å²) >= 11 is 0. The summed E-state index contributed by atoms with van der Waals surface area (Å²) in [6.45, 7) is 3.66. The number of aliphatic hydroxyl groups is 1. The molecule has 0 aliphatic carbocycles. The highest BCUT2D eigenvalue weighted by atomic mass is 19.1. The van der Waals surface area contributed by atoms with Crippen LogP contribution in [-0.2, 0) is 0 Å². The third-order valence-corrected chi connectivity index (χ3v) is 2.74. The molecule has 0 aliphatic rings. The summed E-state index contributed by atoms with van der Waals surface area (Å²) in [5, 5.41) is 20.5. The molecule has 0 heterocycles. The summed E-state index contributed by atoms with van der Waals surface area (Å²) < 4.78 is 13.5. The molecule has 0 saturated heterocycles. The Morgan fingerprint density at radius 3 is 2.59 bits per heavy atom. The van der Waals surface area contributed by atoms with Crippen molar-refractivity contribution in [1.29, 1.82) is 0 Å². The highest BCUT2D eigenvalue weighted by molar-refractivity contribution is 5.88. The van der Waals surface area contributed by atoms with E-state index in [-0.39, 0.29) is 29.8 Å². The lowest BCUT2D eigenvalue weighted by atomic mass is 10.0. The van der Waals surface area contributed by atoms with Crippen molar-refractivity contribution < 1.29 is 19.4 Å². The smallest absolute Gasteiger partial charge is 0.335 e. The van der Waals surface area contributed by atoms with E-state index in [1.807, 2.05) is 13.8 Å². The molecule has 0 spiro atoms. The number of rotatable bonds is 5. The van der Waals surface area contributed by atoms with Gasteiger partial charge in [0.2, 0.25) is 0 Å². The number of benzene rings is 1. The van der Waals surface area contributed by atoms with E-state index >= 15 is 0 Å². The van der Waals surface area contributed by atoms with Crippen molar-refractivity contribution >= 4 is 11.7 Å². The van der Waals surface area contributed by atoms with E-state index in [0.717, 1.165) is 6.07 Å². The van der Waals surface area contributed by atoms with Crippen LogP contribution in [0, 0.1) is 11.7 Å². The van der Waals surface area contributed by atoms with Gasteiger partial charge in [-0.3, -0.25) is 0 Å². The number of anilines is 1. The number of aromatic carboxylic acids is 1. The van der Waals surface area contributed by atoms with Gasteiger partial charge in [-0.25, -0.2) is 9.18 Å². The summed E-state index contributed by atoms with van der Waals surface area (Å²) in [6.07, 6.45) is 0. The highest BCUT2D eigenvalue weighted by Crippen LogP contribution is 2.18. The molecule has 0 amide bonds. The van der Waals surface area contributed by atoms with Crippen LogP contribution in [-0.4, -0.2) is 28.8 Å². The van der Waals surface area contributed by atoms with Crippen LogP contribution < -0.4 is 5.32 Å². The van der Waals surface area contributed by atoms with Crippen LogP contribution >= 0.6 is 0 Å². The molecule has 4 nitrogen and oxygen atoms in total. The molecular formula is C12H16FNO3. The first-order valence-electron chi connectivity index (χ1n) is 5.36. The number of hydrogen-bond donors (Lipinski definition) is 3. The molecule has 2 atom stereocenters. The third-order valence-electron chi connectivity index (χ3n) is 2.74. The fraction of sp³-hybridized carbons (Fsp3) is 0.417. The monoisotopic (exact) mass is 241 g/mol. The predicted molar refractivity (Wildman–Crippen MR) is 62.7 cm³/mol. The molecule has 3 N–H and O–H groups in total. The van der Waals surface area contributed by atoms with Gasteiger partial charge >= 0.3 is 5.97 Å². The van der Waals surface area contributed by atoms with Gasteiger partial charge in [0.25, 0.3) is 0 Å². The van der Waals surface area contributed by atoms with Crippen molar-refractivity contribution in [3.05, 3.63) is 29.6 Å². The molecule has 2 unspecified atom stereocenters. The first-order valence-corrected chi connectivity index (χ1v) is 5.36. The number of carboxylic acids is 1. The second-order valence-electron chi connectivity index (χ2n) is 4.09. The van der Waals surface area contributed by atoms with Crippen LogP contribution in [0.5, 0.6) is 0 Å². The maximum Gasteiger partial charge on any atom is 0.335 e. The Balaban J connectivity index is 2.82. The van der Waals surface area contributed by atoms with Crippen molar-refractivity contribution in [2.75, 3.05) is 11.9 Å². The lowest BCUT2D eigenvalue weighted by molar-refractivity contribution is 0.0696. The molecule has 0 bridgehead atoms. The summed E-state index contributed by atoms with van der Waals surface area (Å²) in [7, 11) is 0. The molecule has 94 valence electrons. The van der Waals surface area contributed by atoms with Gasteiger partial charge in [-0.2, -0.15) is 0 Å². The molecule has 17 heavy (non-hydrogen) atoms. The van der Waals surface area contributed by atoms with Crippen LogP contribution in [0.2, 0.25) is 0 Å². The van der Waals surface area contributed by atoms with E-state index in [0.29, 0.717) is 0 Å². The van der Waals surface area contributed by atoms with Crippen LogP contribution in [0.25, 0.3) is 0 Å². The van der Waals surface area contributed by atoms with Gasteiger partial charge in [0.15, 0.2) is 0 Å². The molecule has 1 rings (SSSR count). The van der Waals surface area contributed by atoms with Crippen molar-refractivity contribution in [3.63, 3.8) is 0 Å². The Morgan fingerprint density at radius 2 is 2.12 bits per heavy atom. The van der Waals surface area contributed by atoms with Gasteiger partial charge in [-0.05, 0) is 31.0 Å². The van der Waals surface area contributed by atoms with Gasteiger partial charge in [0, 0.05) is 12.6 Å². The molecule has 1 aromatic rings. The average molecular weight is 241 g/mol. The number of nitrogens with one attached hydrogen (secondary N) is 1. The minimum absolute atomic E-state index is 0.00297. The van der Waals surface area contributed by atoms with Gasteiger partial charge < -0.3 is 15.5 Å². The zero-order valence-electron chi connectivity index (χ0n) is 9.77. The number of carboxylic acid groups (broad SMARTS) is 1. The first-order chi connectivity index (χ1) is 7.95. The zero-order chi connectivity index (χ0) is 13.0. The van der Waals surface area contributed by atoms with E-state index in [9.17, 15) is 9.18 Å². The first kappa shape index (κ1) is 13.4. The number of halogens is 1. The normalized spacial score (nSPS) is 14.1. The molecule has 0 fully saturated rings. The number of hydrogen-bond acceptors (Lipinski definition) is 3. The Hall–Kier alpha value is -1.62. The van der Waals surface area contributed by atoms with Crippen molar-refractivity contribution in [2.45, 2.75) is 19.9 Å². The van der Waals surface area contributed by atoms with Crippen LogP contribution in [0.1, 0.15) is 24.2 Å². The zero-order valence-corrected chi connectivity index (χ0v) is 9.77. The minimum Gasteiger partial charge on any atom is -0.478 e. The fourth-order valence-electron chi connectivity index (χ4n) is 1.31. The molecular weight excluding hydrogens is 225 g/mol. The average Bonchev–Trinajstić information content (AvgIpc) is 2.30. The van der Waals surface area contributed by atoms with Gasteiger partial charge in [-0.15, -0.1) is 0 Å². The van der Waals surface area contributed by atoms with Crippen molar-refractivity contribution in [2.24, 2.45) is 5.92 Å². The van der Waals surface area contributed by atoms with Crippen molar-refractivity contribution in [1.82, 2.24) is 0 Å². The fourth-order valence-corrected chi connectivity index (χ4v) is 1.31. The maximum atomic E-state index is 13.5. The van der Waals surface area contributed by atoms with Crippen molar-refractivity contribution in [3.8, 4) is 0 Å². The Labute approximate surface area is 99.1 Å². The Kier molecular flexibility index (Phi) is 4.45. The van der Waals surface area contributed by atoms with Crippen LogP contribution in [0.15, 0.2) is 18.2 Å². The largest absolute Gasteiger partial charge is 0.478 e. The second-order valence-corrected chi connectivity index (χ2v) is 4.09. The SMILES string of the molecule is CC(CO)C(C)Nc1ccc(C(=O)O)cc1F. The van der Waals surface area contributed by atoms with E-state index in [4.69, 9.17) is 10.2 Å². The number of aliphatic hydroxyl groups excluding tert-OH is 1. The second kappa shape index (κ2) is 5.63. The quantitative estimate of drug-likeness (QED) is 0.737. The molecule has 0 aliphatic heterocycles. The molecule has 0 radical (unpaired) electrons. The van der Waals surface area contributed by atoms with E-state index in [1.165, 1.54) is 12.1 Å². The Morgan fingerprint density at radius 1 is 1.47 bits per heavy atom. The summed E-state index contributed by atoms with van der Waals surface area (Å²) in [5.74, 6) is -1.79. The maximum absolute atomic E-state index is 13.5. The molecule has 0 aromatic heterocycles. The van der Waals surface area contributed by atoms with Gasteiger partial charge in [0.05, 0.1) is 11.3 Å². The molecule has 0 saturated carbocycles. The van der Waals surface area contributed by atoms with Gasteiger partial charge in [-0.1, -0.05) is 6.92 Å². The van der Waals surface area contributed by atoms with E-state index < -0.39 is 11.8 Å². The van der Waals surface area contributed by atoms with E-state index in [2.05, 4.69) is 5.32 Å². The lowest BCUT2D eigenvalue weighted by Crippen LogP contribution is -2.26. The highest BCUT2D eigenvalue weighted by Gasteiger charge is 2.14. The standard InChI is InChI=1S/C12H16FNO3/c1-7(6-15)8(2)14-11-4-3-9(12(16)17)5-10(11)13/h3-5,7-8,14-15H,6H2,1-2H3,(H,16,17). The third kappa shape index (κ3) is 3.42. The van der Waals surface area contributed by atoms with Crippen LogP contribution in [0.3, 0.4) is 0 Å². The minimum atomic E-state index is -1.16. The topological polar surface area (TPSA) is 69.6 Å². The predicted octanol–water partition coefficient (Wildman–Crippen LogP) is 1.95. The Bertz CT molecular complexity index is 409. The summed E-state index contributed by atoms with van der Waals surface area (Å²) in [6, 6.07) is 3.59. The van der Waals surface area contributed by atoms with Crippen LogP contribution in [0.4, 0.5) is 10.1 Å². The number of carbonyl (C=O) groups is 1. The lowest BCUT2D eigenvalue weighted by Gasteiger charge is -2.20. The molecule has 1 aromatic carbocycles. The summed E-state index contributed by atoms with van der Waals surface area (Å²) in [5.41, 5.74) is 0.152. The van der Waals surface area contributed by atoms with Gasteiger partial charge in [0.1, 0.15) is 5.82 Å².